The van der Waals surface area contributed by atoms with Crippen LogP contribution in [0.3, 0.4) is 0 Å². The molecule has 20 heavy (non-hydrogen) atoms. The van der Waals surface area contributed by atoms with Gasteiger partial charge in [0.15, 0.2) is 0 Å². The Hall–Kier alpha value is -2.20. The zero-order chi connectivity index (χ0) is 13.9. The van der Waals surface area contributed by atoms with E-state index in [0.29, 0.717) is 17.2 Å². The summed E-state index contributed by atoms with van der Waals surface area (Å²) >= 11 is 5.77. The Labute approximate surface area is 120 Å². The summed E-state index contributed by atoms with van der Waals surface area (Å²) in [7, 11) is 0. The quantitative estimate of drug-likeness (QED) is 0.674. The summed E-state index contributed by atoms with van der Waals surface area (Å²) in [6.07, 6.45) is 2.82. The Bertz CT molecular complexity index is 764. The number of ether oxygens (including phenoxy) is 1. The molecule has 0 amide bonds. The summed E-state index contributed by atoms with van der Waals surface area (Å²) in [5.41, 5.74) is 1.33. The summed E-state index contributed by atoms with van der Waals surface area (Å²) in [6, 6.07) is 10.7. The Kier molecular flexibility index (Phi) is 3.48. The minimum absolute atomic E-state index is 0.131. The van der Waals surface area contributed by atoms with Gasteiger partial charge in [-0.25, -0.2) is 9.37 Å². The van der Waals surface area contributed by atoms with E-state index in [2.05, 4.69) is 9.97 Å². The van der Waals surface area contributed by atoms with E-state index in [4.69, 9.17) is 16.3 Å². The van der Waals surface area contributed by atoms with Crippen molar-refractivity contribution in [2.75, 3.05) is 0 Å². The summed E-state index contributed by atoms with van der Waals surface area (Å²) in [4.78, 5) is 8.18. The molecule has 2 aromatic heterocycles. The number of alkyl halides is 1. The Morgan fingerprint density at radius 1 is 1.15 bits per heavy atom. The van der Waals surface area contributed by atoms with Crippen LogP contribution in [0.25, 0.3) is 10.9 Å². The van der Waals surface area contributed by atoms with Crippen molar-refractivity contribution in [3.8, 4) is 11.6 Å². The topological polar surface area (TPSA) is 35.0 Å². The molecule has 0 saturated heterocycles. The van der Waals surface area contributed by atoms with Crippen molar-refractivity contribution in [3.63, 3.8) is 0 Å². The highest BCUT2D eigenvalue weighted by Crippen LogP contribution is 2.27. The van der Waals surface area contributed by atoms with E-state index >= 15 is 0 Å². The smallest absolute Gasteiger partial charge is 0.223 e. The van der Waals surface area contributed by atoms with E-state index in [9.17, 15) is 4.39 Å². The molecule has 0 fully saturated rings. The van der Waals surface area contributed by atoms with Crippen molar-refractivity contribution in [2.45, 2.75) is 5.88 Å². The number of nitrogens with zero attached hydrogens (tertiary/aromatic N) is 2. The number of benzene rings is 1. The van der Waals surface area contributed by atoms with Crippen LogP contribution in [-0.4, -0.2) is 9.97 Å². The average Bonchev–Trinajstić information content (AvgIpc) is 2.49. The largest absolute Gasteiger partial charge is 0.439 e. The lowest BCUT2D eigenvalue weighted by atomic mass is 10.2. The van der Waals surface area contributed by atoms with Gasteiger partial charge < -0.3 is 4.74 Å². The first-order valence-corrected chi connectivity index (χ1v) is 6.53. The van der Waals surface area contributed by atoms with Crippen molar-refractivity contribution >= 4 is 22.5 Å². The third-order valence-electron chi connectivity index (χ3n) is 2.83. The summed E-state index contributed by atoms with van der Waals surface area (Å²) in [6.45, 7) is 0. The highest BCUT2D eigenvalue weighted by atomic mass is 35.5. The second-order valence-corrected chi connectivity index (χ2v) is 4.48. The molecule has 0 aliphatic heterocycles. The van der Waals surface area contributed by atoms with Gasteiger partial charge in [0.05, 0.1) is 17.6 Å². The van der Waals surface area contributed by atoms with E-state index in [1.165, 1.54) is 6.07 Å². The summed E-state index contributed by atoms with van der Waals surface area (Å²) < 4.78 is 18.8. The Balaban J connectivity index is 1.96. The predicted molar refractivity (Wildman–Crippen MR) is 75.6 cm³/mol. The minimum Gasteiger partial charge on any atom is -0.439 e. The molecular formula is C15H10ClFN2O. The van der Waals surface area contributed by atoms with Gasteiger partial charge in [-0.05, 0) is 24.3 Å². The zero-order valence-electron chi connectivity index (χ0n) is 10.4. The molecule has 0 spiro atoms. The second kappa shape index (κ2) is 5.43. The minimum atomic E-state index is -0.437. The third-order valence-corrected chi connectivity index (χ3v) is 3.12. The molecule has 0 aliphatic rings. The van der Waals surface area contributed by atoms with Crippen molar-refractivity contribution in [2.24, 2.45) is 0 Å². The molecule has 3 rings (SSSR count). The molecule has 2 heterocycles. The van der Waals surface area contributed by atoms with Gasteiger partial charge in [0, 0.05) is 23.2 Å². The first kappa shape index (κ1) is 12.8. The van der Waals surface area contributed by atoms with Crippen LogP contribution < -0.4 is 4.74 Å². The molecule has 0 saturated carbocycles. The van der Waals surface area contributed by atoms with Crippen LogP contribution in [0.2, 0.25) is 0 Å². The number of hydrogen-bond acceptors (Lipinski definition) is 3. The molecule has 3 aromatic rings. The molecule has 0 bridgehead atoms. The van der Waals surface area contributed by atoms with Gasteiger partial charge in [-0.2, -0.15) is 0 Å². The van der Waals surface area contributed by atoms with Crippen molar-refractivity contribution in [1.29, 1.82) is 0 Å². The number of hydrogen-bond donors (Lipinski definition) is 0. The molecule has 0 atom stereocenters. The van der Waals surface area contributed by atoms with Crippen molar-refractivity contribution in [1.82, 2.24) is 9.97 Å². The van der Waals surface area contributed by atoms with E-state index in [0.717, 1.165) is 17.1 Å². The first-order chi connectivity index (χ1) is 9.76. The van der Waals surface area contributed by atoms with Crippen LogP contribution in [-0.2, 0) is 5.88 Å². The van der Waals surface area contributed by atoms with Gasteiger partial charge in [-0.3, -0.25) is 4.98 Å². The van der Waals surface area contributed by atoms with Crippen LogP contribution in [0.4, 0.5) is 4.39 Å². The van der Waals surface area contributed by atoms with Gasteiger partial charge in [0.2, 0.25) is 5.88 Å². The summed E-state index contributed by atoms with van der Waals surface area (Å²) in [5, 5.41) is 1.02. The van der Waals surface area contributed by atoms with Crippen LogP contribution in [0.15, 0.2) is 48.8 Å². The molecule has 0 unspecified atom stereocenters. The molecule has 3 nitrogen and oxygen atoms in total. The standard InChI is InChI=1S/C15H10ClFN2O/c16-8-11-6-12(17)9-19-15(11)20-13-4-3-10-2-1-5-18-14(10)7-13/h1-7,9H,8H2. The molecule has 0 aliphatic carbocycles. The molecule has 0 radical (unpaired) electrons. The van der Waals surface area contributed by atoms with Crippen LogP contribution >= 0.6 is 11.6 Å². The van der Waals surface area contributed by atoms with Crippen molar-refractivity contribution < 1.29 is 9.13 Å². The summed E-state index contributed by atoms with van der Waals surface area (Å²) in [5.74, 6) is 0.581. The zero-order valence-corrected chi connectivity index (χ0v) is 11.1. The number of rotatable bonds is 3. The molecule has 1 aromatic carbocycles. The average molecular weight is 289 g/mol. The number of aromatic nitrogens is 2. The maximum Gasteiger partial charge on any atom is 0.223 e. The third kappa shape index (κ3) is 2.56. The number of fused-ring (bicyclic) bond motifs is 1. The highest BCUT2D eigenvalue weighted by molar-refractivity contribution is 6.17. The maximum absolute atomic E-state index is 13.1. The van der Waals surface area contributed by atoms with E-state index in [1.807, 2.05) is 24.3 Å². The van der Waals surface area contributed by atoms with Gasteiger partial charge in [0.25, 0.3) is 0 Å². The highest BCUT2D eigenvalue weighted by Gasteiger charge is 2.08. The molecule has 0 N–H and O–H groups in total. The fourth-order valence-corrected chi connectivity index (χ4v) is 2.07. The lowest BCUT2D eigenvalue weighted by Crippen LogP contribution is -1.94. The molecule has 100 valence electrons. The Morgan fingerprint density at radius 2 is 2.05 bits per heavy atom. The molecular weight excluding hydrogens is 279 g/mol. The normalized spacial score (nSPS) is 10.7. The van der Waals surface area contributed by atoms with Crippen LogP contribution in [0, 0.1) is 5.82 Å². The van der Waals surface area contributed by atoms with Gasteiger partial charge >= 0.3 is 0 Å². The van der Waals surface area contributed by atoms with E-state index < -0.39 is 5.82 Å². The fourth-order valence-electron chi connectivity index (χ4n) is 1.88. The van der Waals surface area contributed by atoms with Gasteiger partial charge in [-0.15, -0.1) is 11.6 Å². The lowest BCUT2D eigenvalue weighted by molar-refractivity contribution is 0.455. The predicted octanol–water partition coefficient (Wildman–Crippen LogP) is 4.30. The van der Waals surface area contributed by atoms with Gasteiger partial charge in [0.1, 0.15) is 11.6 Å². The Morgan fingerprint density at radius 3 is 2.90 bits per heavy atom. The monoisotopic (exact) mass is 288 g/mol. The van der Waals surface area contributed by atoms with E-state index in [-0.39, 0.29) is 5.88 Å². The van der Waals surface area contributed by atoms with Crippen molar-refractivity contribution in [3.05, 3.63) is 60.2 Å². The van der Waals surface area contributed by atoms with Crippen LogP contribution in [0.1, 0.15) is 5.56 Å². The maximum atomic E-state index is 13.1. The molecule has 5 heteroatoms. The lowest BCUT2D eigenvalue weighted by Gasteiger charge is -2.08. The van der Waals surface area contributed by atoms with E-state index in [1.54, 1.807) is 12.3 Å². The number of pyridine rings is 2. The van der Waals surface area contributed by atoms with Crippen LogP contribution in [0.5, 0.6) is 11.6 Å². The second-order valence-electron chi connectivity index (χ2n) is 4.21. The van der Waals surface area contributed by atoms with Gasteiger partial charge in [-0.1, -0.05) is 6.07 Å². The first-order valence-electron chi connectivity index (χ1n) is 5.99. The SMILES string of the molecule is Fc1cnc(Oc2ccc3cccnc3c2)c(CCl)c1. The number of halogens is 2. The fraction of sp³-hybridized carbons (Fsp3) is 0.0667.